The predicted octanol–water partition coefficient (Wildman–Crippen LogP) is -13.4. The first-order valence-corrected chi connectivity index (χ1v) is 17.0. The zero-order valence-corrected chi connectivity index (χ0v) is 28.9. The number of aliphatic hydroxyl groups excluding tert-OH is 19. The van der Waals surface area contributed by atoms with E-state index in [9.17, 15) is 102 Å². The lowest BCUT2D eigenvalue weighted by atomic mass is 9.80. The van der Waals surface area contributed by atoms with Gasteiger partial charge in [-0.25, -0.2) is 0 Å². The lowest BCUT2D eigenvalue weighted by Crippen LogP contribution is -2.73. The van der Waals surface area contributed by atoms with Crippen molar-refractivity contribution in [3.63, 3.8) is 0 Å². The van der Waals surface area contributed by atoms with Gasteiger partial charge in [0.1, 0.15) is 110 Å². The van der Waals surface area contributed by atoms with Gasteiger partial charge in [-0.1, -0.05) is 0 Å². The van der Waals surface area contributed by atoms with Crippen molar-refractivity contribution in [2.24, 2.45) is 0 Å². The van der Waals surface area contributed by atoms with Gasteiger partial charge in [-0.3, -0.25) is 4.79 Å². The van der Waals surface area contributed by atoms with Crippen LogP contribution >= 0.6 is 0 Å². The van der Waals surface area contributed by atoms with Crippen LogP contribution in [0.1, 0.15) is 0 Å². The minimum Gasteiger partial charge on any atom is -0.394 e. The average Bonchev–Trinajstić information content (AvgIpc) is 3.18. The van der Waals surface area contributed by atoms with Crippen LogP contribution in [0.15, 0.2) is 0 Å². The molecule has 27 heteroatoms. The summed E-state index contributed by atoms with van der Waals surface area (Å²) >= 11 is 0. The number of Topliss-reactive ketones (excluding diaryl/α,β-unsaturated/α-hetero) is 1. The molecule has 328 valence electrons. The molecule has 0 bridgehead atoms. The molecule has 56 heavy (non-hydrogen) atoms. The molecular weight excluding hydrogens is 780 g/mol. The standard InChI is InChI=1S/C29H50O27/c30-1-6-9(34)12(37)19(44)27(52-6)51-3-7-10(35)13(38)20(45)26(53-7)50-2-5(32)8(33)11(36)15(40)22(47)29(4-31)23(16(41)18(43)25(49)56-29)54-28-21(46)14(39)17(42)24(48)55-28/h5-21,23-28,30-46,48-49H,1-4H2/t5-,6-,7-,8-,9?,10-,11+,12?,13+,14?,15-,16+,17?,18-,19?,20?,21?,23+,24?,25-,26+,27+,28?,29+/m1/s1. The topological polar surface area (TPSA) is 466 Å². The summed E-state index contributed by atoms with van der Waals surface area (Å²) in [4.78, 5) is 13.6. The third-order valence-electron chi connectivity index (χ3n) is 9.93. The predicted molar refractivity (Wildman–Crippen MR) is 164 cm³/mol. The first-order chi connectivity index (χ1) is 26.1. The molecule has 24 atom stereocenters. The molecule has 4 aliphatic heterocycles. The SMILES string of the molecule is O=C([C@H](O)[C@@H](O)[C@H](O)[C@H](O)CO[C@H]1O[C@H](CO[C@H]2O[C@H](CO)C(O)C(O)C2O)[C@@H](O)[C@H](O)C1O)[C@]1(CO)O[C@@H](O)[C@H](O)[C@H](O)[C@@H]1OC1OC(O)C(O)C(O)C1O. The van der Waals surface area contributed by atoms with Crippen molar-refractivity contribution in [2.45, 2.75) is 147 Å². The average molecular weight is 831 g/mol. The van der Waals surface area contributed by atoms with E-state index in [-0.39, 0.29) is 0 Å². The molecule has 0 radical (unpaired) electrons. The van der Waals surface area contributed by atoms with Gasteiger partial charge >= 0.3 is 0 Å². The van der Waals surface area contributed by atoms with E-state index in [1.807, 2.05) is 0 Å². The van der Waals surface area contributed by atoms with Gasteiger partial charge in [-0.05, 0) is 0 Å². The Hall–Kier alpha value is -1.37. The Kier molecular flexibility index (Phi) is 16.3. The molecular formula is C29H50O27. The Morgan fingerprint density at radius 1 is 0.554 bits per heavy atom. The second kappa shape index (κ2) is 19.3. The van der Waals surface area contributed by atoms with E-state index in [0.717, 1.165) is 0 Å². The third-order valence-corrected chi connectivity index (χ3v) is 9.93. The number of ketones is 1. The van der Waals surface area contributed by atoms with Crippen LogP contribution in [-0.4, -0.2) is 276 Å². The van der Waals surface area contributed by atoms with Gasteiger partial charge in [0, 0.05) is 0 Å². The van der Waals surface area contributed by atoms with Crippen LogP contribution in [0.25, 0.3) is 0 Å². The van der Waals surface area contributed by atoms with Gasteiger partial charge in [0.2, 0.25) is 5.78 Å². The summed E-state index contributed by atoms with van der Waals surface area (Å²) in [6, 6.07) is 0. The summed E-state index contributed by atoms with van der Waals surface area (Å²) < 4.78 is 36.1. The van der Waals surface area contributed by atoms with E-state index in [1.54, 1.807) is 0 Å². The van der Waals surface area contributed by atoms with Crippen LogP contribution in [0.2, 0.25) is 0 Å². The Bertz CT molecular complexity index is 1250. The fraction of sp³-hybridized carbons (Fsp3) is 0.966. The first kappa shape index (κ1) is 47.3. The van der Waals surface area contributed by atoms with E-state index >= 15 is 0 Å². The zero-order chi connectivity index (χ0) is 42.1. The molecule has 0 spiro atoms. The van der Waals surface area contributed by atoms with Crippen molar-refractivity contribution in [1.82, 2.24) is 0 Å². The van der Waals surface area contributed by atoms with Crippen molar-refractivity contribution in [3.8, 4) is 0 Å². The summed E-state index contributed by atoms with van der Waals surface area (Å²) in [6.07, 6.45) is -49.5. The van der Waals surface area contributed by atoms with Crippen molar-refractivity contribution in [3.05, 3.63) is 0 Å². The maximum Gasteiger partial charge on any atom is 0.201 e. The van der Waals surface area contributed by atoms with Gasteiger partial charge < -0.3 is 130 Å². The minimum atomic E-state index is -3.22. The second-order valence-corrected chi connectivity index (χ2v) is 13.7. The Balaban J connectivity index is 1.42. The molecule has 0 aliphatic carbocycles. The molecule has 9 unspecified atom stereocenters. The molecule has 0 aromatic rings. The highest BCUT2D eigenvalue weighted by atomic mass is 16.8. The summed E-state index contributed by atoms with van der Waals surface area (Å²) in [6.45, 7) is -4.37. The van der Waals surface area contributed by atoms with Crippen LogP contribution in [0.4, 0.5) is 0 Å². The molecule has 0 saturated carbocycles. The summed E-state index contributed by atoms with van der Waals surface area (Å²) in [5.41, 5.74) is -3.22. The monoisotopic (exact) mass is 830 g/mol. The highest BCUT2D eigenvalue weighted by Gasteiger charge is 2.62. The van der Waals surface area contributed by atoms with Crippen molar-refractivity contribution in [1.29, 1.82) is 0 Å². The molecule has 27 nitrogen and oxygen atoms in total. The number of rotatable bonds is 15. The number of carbonyl (C=O) groups is 1. The number of aliphatic hydroxyl groups is 19. The summed E-state index contributed by atoms with van der Waals surface area (Å²) in [7, 11) is 0. The number of carbonyl (C=O) groups excluding carboxylic acids is 1. The van der Waals surface area contributed by atoms with E-state index in [0.29, 0.717) is 0 Å². The molecule has 19 N–H and O–H groups in total. The summed E-state index contributed by atoms with van der Waals surface area (Å²) in [5, 5.41) is 194. The van der Waals surface area contributed by atoms with Crippen LogP contribution in [-0.2, 0) is 38.0 Å². The maximum atomic E-state index is 13.6. The normalized spacial score (nSPS) is 48.5. The molecule has 4 saturated heterocycles. The van der Waals surface area contributed by atoms with Crippen molar-refractivity contribution >= 4 is 5.78 Å². The third kappa shape index (κ3) is 9.33. The lowest BCUT2D eigenvalue weighted by molar-refractivity contribution is -0.386. The Labute approximate surface area is 314 Å². The minimum absolute atomic E-state index is 0.763. The highest BCUT2D eigenvalue weighted by molar-refractivity contribution is 5.93. The van der Waals surface area contributed by atoms with Crippen LogP contribution in [0.3, 0.4) is 0 Å². The molecule has 4 aliphatic rings. The van der Waals surface area contributed by atoms with Gasteiger partial charge in [0.25, 0.3) is 0 Å². The largest absolute Gasteiger partial charge is 0.394 e. The maximum absolute atomic E-state index is 13.6. The smallest absolute Gasteiger partial charge is 0.201 e. The van der Waals surface area contributed by atoms with Gasteiger partial charge in [0.15, 0.2) is 37.1 Å². The van der Waals surface area contributed by atoms with Gasteiger partial charge in [-0.2, -0.15) is 0 Å². The number of ether oxygens (including phenoxy) is 7. The Morgan fingerprint density at radius 3 is 1.62 bits per heavy atom. The van der Waals surface area contributed by atoms with E-state index in [1.165, 1.54) is 0 Å². The molecule has 0 aromatic heterocycles. The number of hydrogen-bond donors (Lipinski definition) is 19. The quantitative estimate of drug-likeness (QED) is 0.0728. The van der Waals surface area contributed by atoms with Crippen molar-refractivity contribution in [2.75, 3.05) is 26.4 Å². The molecule has 0 amide bonds. The lowest BCUT2D eigenvalue weighted by Gasteiger charge is -2.50. The summed E-state index contributed by atoms with van der Waals surface area (Å²) in [5.74, 6) is -1.91. The second-order valence-electron chi connectivity index (χ2n) is 13.7. The fourth-order valence-electron chi connectivity index (χ4n) is 6.36. The zero-order valence-electron chi connectivity index (χ0n) is 28.9. The van der Waals surface area contributed by atoms with Gasteiger partial charge in [0.05, 0.1) is 26.4 Å². The van der Waals surface area contributed by atoms with E-state index in [2.05, 4.69) is 0 Å². The van der Waals surface area contributed by atoms with E-state index in [4.69, 9.17) is 33.2 Å². The van der Waals surface area contributed by atoms with Crippen LogP contribution in [0.5, 0.6) is 0 Å². The first-order valence-electron chi connectivity index (χ1n) is 17.0. The number of hydrogen-bond acceptors (Lipinski definition) is 27. The molecule has 4 rings (SSSR count). The van der Waals surface area contributed by atoms with E-state index < -0.39 is 179 Å². The molecule has 4 fully saturated rings. The fourth-order valence-corrected chi connectivity index (χ4v) is 6.36. The highest BCUT2D eigenvalue weighted by Crippen LogP contribution is 2.36. The Morgan fingerprint density at radius 2 is 1.05 bits per heavy atom. The van der Waals surface area contributed by atoms with Crippen LogP contribution < -0.4 is 0 Å². The molecule has 4 heterocycles. The van der Waals surface area contributed by atoms with Crippen LogP contribution in [0, 0.1) is 0 Å². The molecule has 0 aromatic carbocycles. The van der Waals surface area contributed by atoms with Gasteiger partial charge in [-0.15, -0.1) is 0 Å². The van der Waals surface area contributed by atoms with Crippen molar-refractivity contribution < 1.29 is 135 Å².